The molecule has 0 unspecified atom stereocenters. The number of rotatable bonds is 6. The summed E-state index contributed by atoms with van der Waals surface area (Å²) < 4.78 is 30.4. The van der Waals surface area contributed by atoms with E-state index in [1.807, 2.05) is 0 Å². The normalized spacial score (nSPS) is 16.2. The summed E-state index contributed by atoms with van der Waals surface area (Å²) in [5.41, 5.74) is 1.37. The number of fused-ring (bicyclic) bond motifs is 1. The van der Waals surface area contributed by atoms with Crippen LogP contribution in [0.4, 0.5) is 5.69 Å². The fourth-order valence-electron chi connectivity index (χ4n) is 3.83. The summed E-state index contributed by atoms with van der Waals surface area (Å²) >= 11 is 0. The highest BCUT2D eigenvalue weighted by Gasteiger charge is 2.50. The third kappa shape index (κ3) is 3.17. The largest absolute Gasteiger partial charge is 0.376 e. The van der Waals surface area contributed by atoms with Crippen molar-refractivity contribution < 1.29 is 13.5 Å². The molecule has 0 aliphatic carbocycles. The van der Waals surface area contributed by atoms with Gasteiger partial charge < -0.3 is 9.67 Å². The Labute approximate surface area is 179 Å². The van der Waals surface area contributed by atoms with Crippen molar-refractivity contribution in [3.63, 3.8) is 0 Å². The molecule has 1 fully saturated rings. The molecule has 4 heterocycles. The molecule has 1 aliphatic rings. The highest BCUT2D eigenvalue weighted by molar-refractivity contribution is 7.86. The molecule has 3 aromatic heterocycles. The van der Waals surface area contributed by atoms with Gasteiger partial charge in [0.25, 0.3) is 10.2 Å². The lowest BCUT2D eigenvalue weighted by Crippen LogP contribution is -2.65. The van der Waals surface area contributed by atoms with E-state index < -0.39 is 15.7 Å². The minimum Gasteiger partial charge on any atom is -0.376 e. The summed E-state index contributed by atoms with van der Waals surface area (Å²) in [6.45, 7) is 7.54. The molecule has 160 valence electrons. The van der Waals surface area contributed by atoms with E-state index in [4.69, 9.17) is 6.57 Å². The molecule has 31 heavy (non-hydrogen) atoms. The predicted molar refractivity (Wildman–Crippen MR) is 112 cm³/mol. The molecular weight excluding hydrogens is 420 g/mol. The van der Waals surface area contributed by atoms with Crippen molar-refractivity contribution in [3.8, 4) is 17.2 Å². The lowest BCUT2D eigenvalue weighted by Gasteiger charge is -2.48. The highest BCUT2D eigenvalue weighted by Crippen LogP contribution is 2.39. The molecule has 12 heteroatoms. The van der Waals surface area contributed by atoms with Crippen LogP contribution in [0.5, 0.6) is 0 Å². The lowest BCUT2D eigenvalue weighted by atomic mass is 9.89. The summed E-state index contributed by atoms with van der Waals surface area (Å²) in [5, 5.41) is 24.0. The van der Waals surface area contributed by atoms with Gasteiger partial charge in [0.2, 0.25) is 5.69 Å². The maximum Gasteiger partial charge on any atom is 0.281 e. The van der Waals surface area contributed by atoms with Crippen LogP contribution in [-0.4, -0.2) is 68.7 Å². The van der Waals surface area contributed by atoms with Gasteiger partial charge in [-0.2, -0.15) is 27.4 Å². The zero-order valence-electron chi connectivity index (χ0n) is 17.0. The van der Waals surface area contributed by atoms with Gasteiger partial charge in [-0.05, 0) is 6.07 Å². The van der Waals surface area contributed by atoms with Crippen LogP contribution < -0.4 is 0 Å². The number of hydrogen-bond donors (Lipinski definition) is 1. The maximum atomic E-state index is 12.4. The van der Waals surface area contributed by atoms with Crippen LogP contribution in [0.25, 0.3) is 27.0 Å². The number of aliphatic hydroxyl groups is 1. The molecule has 1 aliphatic heterocycles. The number of nitrogens with zero attached hydrogens (tertiary/aromatic N) is 8. The monoisotopic (exact) mass is 440 g/mol. The van der Waals surface area contributed by atoms with Crippen molar-refractivity contribution in [3.05, 3.63) is 42.3 Å². The van der Waals surface area contributed by atoms with Crippen LogP contribution in [-0.2, 0) is 22.5 Å². The first-order valence-corrected chi connectivity index (χ1v) is 10.7. The van der Waals surface area contributed by atoms with E-state index >= 15 is 0 Å². The van der Waals surface area contributed by atoms with Gasteiger partial charge in [0, 0.05) is 62.3 Å². The van der Waals surface area contributed by atoms with Crippen molar-refractivity contribution in [1.29, 1.82) is 5.26 Å². The minimum atomic E-state index is -3.58. The van der Waals surface area contributed by atoms with Gasteiger partial charge in [-0.15, -0.1) is 0 Å². The third-order valence-electron chi connectivity index (χ3n) is 5.54. The second kappa shape index (κ2) is 7.44. The SMILES string of the molecule is [C-]#[N+]c1cnc2c(ccn2CO)c1-c1cnn(C2(CC#N)CN(S(=O)(=O)N(C)C)C2)c1. The fraction of sp³-hybridized carbons (Fsp3) is 0.368. The topological polar surface area (TPSA) is 125 Å². The molecule has 0 saturated carbocycles. The number of aliphatic hydroxyl groups excluding tert-OH is 1. The third-order valence-corrected chi connectivity index (χ3v) is 7.37. The molecule has 0 bridgehead atoms. The second-order valence-electron chi connectivity index (χ2n) is 7.59. The van der Waals surface area contributed by atoms with Crippen molar-refractivity contribution >= 4 is 26.9 Å². The van der Waals surface area contributed by atoms with Gasteiger partial charge in [-0.1, -0.05) is 0 Å². The van der Waals surface area contributed by atoms with Crippen LogP contribution in [0.3, 0.4) is 0 Å². The van der Waals surface area contributed by atoms with Crippen molar-refractivity contribution in [2.45, 2.75) is 18.7 Å². The Morgan fingerprint density at radius 3 is 2.74 bits per heavy atom. The molecular formula is C19H20N8O3S. The van der Waals surface area contributed by atoms with Crippen LogP contribution >= 0.6 is 0 Å². The second-order valence-corrected chi connectivity index (χ2v) is 9.73. The number of nitriles is 1. The first kappa shape index (κ1) is 21.0. The molecule has 0 radical (unpaired) electrons. The summed E-state index contributed by atoms with van der Waals surface area (Å²) in [4.78, 5) is 7.85. The Bertz CT molecular complexity index is 1340. The van der Waals surface area contributed by atoms with Crippen molar-refractivity contribution in [2.75, 3.05) is 27.2 Å². The van der Waals surface area contributed by atoms with Gasteiger partial charge in [0.05, 0.1) is 25.3 Å². The quantitative estimate of drug-likeness (QED) is 0.573. The van der Waals surface area contributed by atoms with E-state index in [1.165, 1.54) is 24.6 Å². The van der Waals surface area contributed by atoms with Crippen molar-refractivity contribution in [1.82, 2.24) is 27.9 Å². The van der Waals surface area contributed by atoms with Gasteiger partial charge in [-0.3, -0.25) is 4.68 Å². The first-order chi connectivity index (χ1) is 14.8. The summed E-state index contributed by atoms with van der Waals surface area (Å²) in [6, 6.07) is 3.91. The van der Waals surface area contributed by atoms with Crippen LogP contribution in [0.1, 0.15) is 6.42 Å². The van der Waals surface area contributed by atoms with Crippen LogP contribution in [0.15, 0.2) is 30.9 Å². The Balaban J connectivity index is 1.76. The highest BCUT2D eigenvalue weighted by atomic mass is 32.2. The Kier molecular flexibility index (Phi) is 5.03. The molecule has 1 saturated heterocycles. The molecule has 11 nitrogen and oxygen atoms in total. The van der Waals surface area contributed by atoms with E-state index in [2.05, 4.69) is 21.0 Å². The van der Waals surface area contributed by atoms with Gasteiger partial charge in [0.15, 0.2) is 0 Å². The average Bonchev–Trinajstić information content (AvgIpc) is 3.36. The molecule has 1 N–H and O–H groups in total. The number of aromatic nitrogens is 4. The first-order valence-electron chi connectivity index (χ1n) is 9.33. The average molecular weight is 440 g/mol. The summed E-state index contributed by atoms with van der Waals surface area (Å²) in [6.07, 6.45) is 6.56. The molecule has 0 amide bonds. The number of pyridine rings is 1. The Morgan fingerprint density at radius 1 is 1.39 bits per heavy atom. The van der Waals surface area contributed by atoms with Gasteiger partial charge in [0.1, 0.15) is 17.9 Å². The fourth-order valence-corrected chi connectivity index (χ4v) is 5.10. The standard InChI is InChI=1S/C19H20N8O3S/c1-21-16-9-22-18-15(4-7-25(18)13-28)17(16)14-8-23-27(10-14)19(5-6-20)11-26(12-19)31(29,30)24(2)3/h4,7-10,28H,5,11-13H2,2-3H3. The molecule has 0 atom stereocenters. The number of hydrogen-bond acceptors (Lipinski definition) is 6. The van der Waals surface area contributed by atoms with Crippen LogP contribution in [0.2, 0.25) is 0 Å². The van der Waals surface area contributed by atoms with E-state index in [0.29, 0.717) is 27.8 Å². The van der Waals surface area contributed by atoms with E-state index in [9.17, 15) is 18.8 Å². The summed E-state index contributed by atoms with van der Waals surface area (Å²) in [7, 11) is -0.655. The van der Waals surface area contributed by atoms with Gasteiger partial charge in [-0.25, -0.2) is 9.83 Å². The lowest BCUT2D eigenvalue weighted by molar-refractivity contribution is 0.0675. The van der Waals surface area contributed by atoms with Crippen LogP contribution in [0, 0.1) is 17.9 Å². The molecule has 0 aromatic carbocycles. The Hall–Kier alpha value is -3.29. The smallest absolute Gasteiger partial charge is 0.281 e. The van der Waals surface area contributed by atoms with Gasteiger partial charge >= 0.3 is 0 Å². The maximum absolute atomic E-state index is 12.4. The van der Waals surface area contributed by atoms with E-state index in [-0.39, 0.29) is 26.2 Å². The molecule has 3 aromatic rings. The zero-order chi connectivity index (χ0) is 22.4. The molecule has 4 rings (SSSR count). The minimum absolute atomic E-state index is 0.0931. The Morgan fingerprint density at radius 2 is 2.13 bits per heavy atom. The van der Waals surface area contributed by atoms with Crippen molar-refractivity contribution in [2.24, 2.45) is 0 Å². The molecule has 0 spiro atoms. The predicted octanol–water partition coefficient (Wildman–Crippen LogP) is 1.13. The summed E-state index contributed by atoms with van der Waals surface area (Å²) in [5.74, 6) is 0. The van der Waals surface area contributed by atoms with E-state index in [1.54, 1.807) is 33.9 Å². The van der Waals surface area contributed by atoms with E-state index in [0.717, 1.165) is 4.31 Å². The zero-order valence-corrected chi connectivity index (χ0v) is 17.8.